The molecule has 0 amide bonds. The topological polar surface area (TPSA) is 73.8 Å². The first-order valence-electron chi connectivity index (χ1n) is 8.67. The molecule has 146 valence electrons. The number of hydrogen-bond donors (Lipinski definition) is 2. The second-order valence-corrected chi connectivity index (χ2v) is 8.12. The van der Waals surface area contributed by atoms with Crippen molar-refractivity contribution in [1.82, 2.24) is 10.6 Å². The first-order valence-corrected chi connectivity index (χ1v) is 10.3. The molecule has 1 aliphatic heterocycles. The second kappa shape index (κ2) is 9.93. The van der Waals surface area contributed by atoms with E-state index in [9.17, 15) is 8.42 Å². The molecule has 0 saturated carbocycles. The van der Waals surface area contributed by atoms with Crippen LogP contribution in [-0.4, -0.2) is 40.3 Å². The molecule has 0 aromatic heterocycles. The standard InChI is InChI=1S/C19H24N4O2S.HI/c1-20-19(22-15-16-7-3-2-4-8-16)21-12-14-26(24,25)23-13-11-17-9-5-6-10-18(17)23;/h2-10H,11-15H2,1H3,(H2,20,21,22);1H. The molecule has 2 aromatic carbocycles. The number of fused-ring (bicyclic) bond motifs is 1. The van der Waals surface area contributed by atoms with Crippen molar-refractivity contribution in [2.45, 2.75) is 13.0 Å². The highest BCUT2D eigenvalue weighted by molar-refractivity contribution is 14.0. The van der Waals surface area contributed by atoms with E-state index in [1.54, 1.807) is 7.05 Å². The van der Waals surface area contributed by atoms with E-state index in [1.165, 1.54) is 4.31 Å². The molecule has 0 unspecified atom stereocenters. The maximum absolute atomic E-state index is 12.7. The van der Waals surface area contributed by atoms with Crippen molar-refractivity contribution in [2.24, 2.45) is 4.99 Å². The molecular weight excluding hydrogens is 475 g/mol. The van der Waals surface area contributed by atoms with Crippen LogP contribution in [0.3, 0.4) is 0 Å². The minimum absolute atomic E-state index is 0. The zero-order valence-electron chi connectivity index (χ0n) is 15.3. The van der Waals surface area contributed by atoms with Crippen LogP contribution in [-0.2, 0) is 23.0 Å². The van der Waals surface area contributed by atoms with E-state index < -0.39 is 10.0 Å². The van der Waals surface area contributed by atoms with Crippen LogP contribution >= 0.6 is 24.0 Å². The van der Waals surface area contributed by atoms with Gasteiger partial charge < -0.3 is 10.6 Å². The van der Waals surface area contributed by atoms with Gasteiger partial charge in [0.15, 0.2) is 5.96 Å². The third kappa shape index (κ3) is 5.58. The summed E-state index contributed by atoms with van der Waals surface area (Å²) < 4.78 is 26.9. The molecule has 3 rings (SSSR count). The number of halogens is 1. The summed E-state index contributed by atoms with van der Waals surface area (Å²) in [5.74, 6) is 0.610. The minimum Gasteiger partial charge on any atom is -0.355 e. The first-order chi connectivity index (χ1) is 12.6. The van der Waals surface area contributed by atoms with Crippen molar-refractivity contribution in [3.05, 3.63) is 65.7 Å². The van der Waals surface area contributed by atoms with Crippen molar-refractivity contribution in [2.75, 3.05) is 30.2 Å². The lowest BCUT2D eigenvalue weighted by Gasteiger charge is -2.20. The van der Waals surface area contributed by atoms with Gasteiger partial charge in [0.25, 0.3) is 0 Å². The highest BCUT2D eigenvalue weighted by Gasteiger charge is 2.28. The molecule has 0 fully saturated rings. The zero-order valence-corrected chi connectivity index (χ0v) is 18.4. The van der Waals surface area contributed by atoms with Crippen molar-refractivity contribution in [3.8, 4) is 0 Å². The fourth-order valence-corrected chi connectivity index (χ4v) is 4.44. The average molecular weight is 500 g/mol. The molecule has 8 heteroatoms. The van der Waals surface area contributed by atoms with Crippen molar-refractivity contribution >= 4 is 45.6 Å². The van der Waals surface area contributed by atoms with Gasteiger partial charge in [-0.05, 0) is 23.6 Å². The molecule has 2 aromatic rings. The second-order valence-electron chi connectivity index (χ2n) is 6.11. The zero-order chi connectivity index (χ0) is 18.4. The van der Waals surface area contributed by atoms with Gasteiger partial charge in [-0.1, -0.05) is 48.5 Å². The molecule has 27 heavy (non-hydrogen) atoms. The summed E-state index contributed by atoms with van der Waals surface area (Å²) in [7, 11) is -1.68. The molecule has 0 aliphatic carbocycles. The lowest BCUT2D eigenvalue weighted by molar-refractivity contribution is 0.591. The molecule has 0 radical (unpaired) electrons. The smallest absolute Gasteiger partial charge is 0.236 e. The Morgan fingerprint density at radius 2 is 1.78 bits per heavy atom. The molecule has 0 spiro atoms. The highest BCUT2D eigenvalue weighted by atomic mass is 127. The van der Waals surface area contributed by atoms with E-state index in [1.807, 2.05) is 54.6 Å². The molecule has 0 atom stereocenters. The summed E-state index contributed by atoms with van der Waals surface area (Å²) in [4.78, 5) is 4.14. The van der Waals surface area contributed by atoms with E-state index in [4.69, 9.17) is 0 Å². The Morgan fingerprint density at radius 1 is 1.07 bits per heavy atom. The number of aliphatic imine (C=N–C) groups is 1. The lowest BCUT2D eigenvalue weighted by Crippen LogP contribution is -2.41. The maximum Gasteiger partial charge on any atom is 0.236 e. The Balaban J connectivity index is 0.00000261. The Hall–Kier alpha value is -1.81. The van der Waals surface area contributed by atoms with Gasteiger partial charge >= 0.3 is 0 Å². The van der Waals surface area contributed by atoms with E-state index in [0.29, 0.717) is 25.6 Å². The Labute approximate surface area is 178 Å². The Kier molecular flexibility index (Phi) is 7.91. The van der Waals surface area contributed by atoms with E-state index >= 15 is 0 Å². The van der Waals surface area contributed by atoms with Crippen LogP contribution in [0.4, 0.5) is 5.69 Å². The van der Waals surface area contributed by atoms with Crippen LogP contribution in [0.15, 0.2) is 59.6 Å². The van der Waals surface area contributed by atoms with E-state index in [0.717, 1.165) is 23.2 Å². The highest BCUT2D eigenvalue weighted by Crippen LogP contribution is 2.29. The van der Waals surface area contributed by atoms with Crippen LogP contribution in [0.5, 0.6) is 0 Å². The first kappa shape index (κ1) is 21.5. The minimum atomic E-state index is -3.36. The summed E-state index contributed by atoms with van der Waals surface area (Å²) in [6, 6.07) is 17.6. The van der Waals surface area contributed by atoms with Crippen LogP contribution in [0.2, 0.25) is 0 Å². The number of guanidine groups is 1. The fraction of sp³-hybridized carbons (Fsp3) is 0.316. The number of sulfonamides is 1. The number of benzene rings is 2. The summed E-state index contributed by atoms with van der Waals surface area (Å²) >= 11 is 0. The normalized spacial score (nSPS) is 13.7. The largest absolute Gasteiger partial charge is 0.355 e. The molecule has 6 nitrogen and oxygen atoms in total. The summed E-state index contributed by atoms with van der Waals surface area (Å²) in [5, 5.41) is 6.26. The van der Waals surface area contributed by atoms with Gasteiger partial charge in [0.1, 0.15) is 0 Å². The number of anilines is 1. The predicted molar refractivity (Wildman–Crippen MR) is 121 cm³/mol. The Morgan fingerprint density at radius 3 is 2.52 bits per heavy atom. The quantitative estimate of drug-likeness (QED) is 0.363. The molecule has 2 N–H and O–H groups in total. The molecule has 0 saturated heterocycles. The van der Waals surface area contributed by atoms with Crippen molar-refractivity contribution in [1.29, 1.82) is 0 Å². The predicted octanol–water partition coefficient (Wildman–Crippen LogP) is 2.36. The summed E-state index contributed by atoms with van der Waals surface area (Å²) in [5.41, 5.74) is 3.03. The van der Waals surface area contributed by atoms with Gasteiger partial charge in [-0.15, -0.1) is 24.0 Å². The van der Waals surface area contributed by atoms with Gasteiger partial charge in [-0.2, -0.15) is 0 Å². The lowest BCUT2D eigenvalue weighted by atomic mass is 10.2. The Bertz CT molecular complexity index is 872. The monoisotopic (exact) mass is 500 g/mol. The molecule has 1 aliphatic rings. The van der Waals surface area contributed by atoms with Gasteiger partial charge in [0.2, 0.25) is 10.0 Å². The van der Waals surface area contributed by atoms with Crippen LogP contribution < -0.4 is 14.9 Å². The van der Waals surface area contributed by atoms with Crippen molar-refractivity contribution in [3.63, 3.8) is 0 Å². The van der Waals surface area contributed by atoms with Gasteiger partial charge in [0, 0.05) is 26.7 Å². The fourth-order valence-electron chi connectivity index (χ4n) is 3.01. The van der Waals surface area contributed by atoms with E-state index in [-0.39, 0.29) is 29.7 Å². The van der Waals surface area contributed by atoms with Gasteiger partial charge in [-0.25, -0.2) is 8.42 Å². The number of rotatable bonds is 6. The summed E-state index contributed by atoms with van der Waals surface area (Å²) in [6.45, 7) is 1.45. The number of hydrogen-bond acceptors (Lipinski definition) is 3. The maximum atomic E-state index is 12.7. The number of para-hydroxylation sites is 1. The third-order valence-corrected chi connectivity index (χ3v) is 6.13. The van der Waals surface area contributed by atoms with E-state index in [2.05, 4.69) is 15.6 Å². The molecular formula is C19H25IN4O2S. The van der Waals surface area contributed by atoms with Crippen molar-refractivity contribution < 1.29 is 8.42 Å². The molecule has 0 bridgehead atoms. The van der Waals surface area contributed by atoms with Crippen LogP contribution in [0.25, 0.3) is 0 Å². The van der Waals surface area contributed by atoms with Gasteiger partial charge in [-0.3, -0.25) is 9.30 Å². The number of nitrogens with one attached hydrogen (secondary N) is 2. The summed E-state index contributed by atoms with van der Waals surface area (Å²) in [6.07, 6.45) is 0.767. The average Bonchev–Trinajstić information content (AvgIpc) is 3.10. The van der Waals surface area contributed by atoms with Crippen LogP contribution in [0.1, 0.15) is 11.1 Å². The third-order valence-electron chi connectivity index (χ3n) is 4.36. The van der Waals surface area contributed by atoms with Gasteiger partial charge in [0.05, 0.1) is 11.4 Å². The van der Waals surface area contributed by atoms with Crippen LogP contribution in [0, 0.1) is 0 Å². The number of nitrogens with zero attached hydrogens (tertiary/aromatic N) is 2. The molecule has 1 heterocycles. The SMILES string of the molecule is CN=C(NCCS(=O)(=O)N1CCc2ccccc21)NCc1ccccc1.I.